The normalized spacial score (nSPS) is 19.9. The molecule has 0 radical (unpaired) electrons. The first-order chi connectivity index (χ1) is 4.95. The number of halogens is 1. The topological polar surface area (TPSA) is 0 Å². The lowest BCUT2D eigenvalue weighted by Crippen LogP contribution is -2.14. The molecule has 0 aliphatic rings. The number of alkyl halides is 1. The average molecular weight is 177 g/mol. The van der Waals surface area contributed by atoms with Gasteiger partial charge in [-0.3, -0.25) is 0 Å². The van der Waals surface area contributed by atoms with Gasteiger partial charge in [-0.25, -0.2) is 0 Å². The second kappa shape index (κ2) is 5.03. The van der Waals surface area contributed by atoms with Crippen molar-refractivity contribution in [3.8, 4) is 0 Å². The first-order valence-electron chi connectivity index (χ1n) is 4.59. The van der Waals surface area contributed by atoms with Crippen LogP contribution in [0.3, 0.4) is 0 Å². The maximum Gasteiger partial charge on any atom is 0.0333 e. The van der Waals surface area contributed by atoms with E-state index < -0.39 is 0 Å². The van der Waals surface area contributed by atoms with Gasteiger partial charge in [-0.15, -0.1) is 11.6 Å². The van der Waals surface area contributed by atoms with Crippen molar-refractivity contribution < 1.29 is 0 Å². The van der Waals surface area contributed by atoms with E-state index >= 15 is 0 Å². The molecular formula is C10H21Cl. The van der Waals surface area contributed by atoms with Gasteiger partial charge in [-0.2, -0.15) is 0 Å². The Labute approximate surface area is 76.3 Å². The molecule has 0 rings (SSSR count). The Balaban J connectivity index is 3.66. The molecule has 0 aromatic rings. The van der Waals surface area contributed by atoms with E-state index in [1.807, 2.05) is 0 Å². The molecule has 0 fully saturated rings. The van der Waals surface area contributed by atoms with Crippen LogP contribution in [0, 0.1) is 17.8 Å². The molecule has 0 aromatic carbocycles. The zero-order valence-corrected chi connectivity index (χ0v) is 9.15. The molecule has 0 aliphatic carbocycles. The SMILES string of the molecule is CC(C)C(C)CC(C)C(C)Cl. The van der Waals surface area contributed by atoms with E-state index in [-0.39, 0.29) is 0 Å². The number of hydrogen-bond donors (Lipinski definition) is 0. The molecule has 3 unspecified atom stereocenters. The van der Waals surface area contributed by atoms with E-state index in [9.17, 15) is 0 Å². The van der Waals surface area contributed by atoms with Crippen molar-refractivity contribution in [1.29, 1.82) is 0 Å². The minimum atomic E-state index is 0.316. The molecule has 11 heavy (non-hydrogen) atoms. The van der Waals surface area contributed by atoms with Crippen LogP contribution in [0.1, 0.15) is 41.0 Å². The highest BCUT2D eigenvalue weighted by atomic mass is 35.5. The van der Waals surface area contributed by atoms with Crippen molar-refractivity contribution in [3.63, 3.8) is 0 Å². The lowest BCUT2D eigenvalue weighted by Gasteiger charge is -2.21. The zero-order chi connectivity index (χ0) is 9.02. The van der Waals surface area contributed by atoms with Gasteiger partial charge >= 0.3 is 0 Å². The minimum absolute atomic E-state index is 0.316. The predicted octanol–water partition coefficient (Wildman–Crippen LogP) is 3.93. The van der Waals surface area contributed by atoms with E-state index in [2.05, 4.69) is 34.6 Å². The largest absolute Gasteiger partial charge is 0.123 e. The summed E-state index contributed by atoms with van der Waals surface area (Å²) in [4.78, 5) is 0. The standard InChI is InChI=1S/C10H21Cl/c1-7(2)8(3)6-9(4)10(5)11/h7-10H,6H2,1-5H3. The maximum absolute atomic E-state index is 5.98. The number of hydrogen-bond acceptors (Lipinski definition) is 0. The van der Waals surface area contributed by atoms with E-state index in [0.29, 0.717) is 11.3 Å². The Hall–Kier alpha value is 0.290. The van der Waals surface area contributed by atoms with Crippen molar-refractivity contribution in [2.45, 2.75) is 46.4 Å². The van der Waals surface area contributed by atoms with Crippen LogP contribution in [0.5, 0.6) is 0 Å². The molecule has 0 spiro atoms. The second-order valence-electron chi connectivity index (χ2n) is 4.11. The molecule has 0 nitrogen and oxygen atoms in total. The Morgan fingerprint density at radius 1 is 0.909 bits per heavy atom. The van der Waals surface area contributed by atoms with Crippen LogP contribution in [0.2, 0.25) is 0 Å². The molecule has 0 N–H and O–H groups in total. The second-order valence-corrected chi connectivity index (χ2v) is 4.80. The van der Waals surface area contributed by atoms with Crippen LogP contribution >= 0.6 is 11.6 Å². The maximum atomic E-state index is 5.98. The summed E-state index contributed by atoms with van der Waals surface area (Å²) in [6, 6.07) is 0. The molecule has 3 atom stereocenters. The monoisotopic (exact) mass is 176 g/mol. The van der Waals surface area contributed by atoms with Crippen molar-refractivity contribution >= 4 is 11.6 Å². The molecular weight excluding hydrogens is 156 g/mol. The molecule has 0 saturated carbocycles. The summed E-state index contributed by atoms with van der Waals surface area (Å²) >= 11 is 5.98. The van der Waals surface area contributed by atoms with Crippen LogP contribution in [0.25, 0.3) is 0 Å². The molecule has 68 valence electrons. The molecule has 0 amide bonds. The van der Waals surface area contributed by atoms with Gasteiger partial charge < -0.3 is 0 Å². The van der Waals surface area contributed by atoms with Gasteiger partial charge in [0.1, 0.15) is 0 Å². The third-order valence-electron chi connectivity index (χ3n) is 2.67. The first kappa shape index (κ1) is 11.3. The van der Waals surface area contributed by atoms with Gasteiger partial charge in [0.05, 0.1) is 0 Å². The van der Waals surface area contributed by atoms with Crippen LogP contribution in [0.4, 0.5) is 0 Å². The predicted molar refractivity (Wildman–Crippen MR) is 53.1 cm³/mol. The fourth-order valence-corrected chi connectivity index (χ4v) is 1.15. The molecule has 0 saturated heterocycles. The summed E-state index contributed by atoms with van der Waals surface area (Å²) in [7, 11) is 0. The smallest absolute Gasteiger partial charge is 0.0333 e. The van der Waals surface area contributed by atoms with Gasteiger partial charge in [-0.1, -0.05) is 27.7 Å². The minimum Gasteiger partial charge on any atom is -0.123 e. The lowest BCUT2D eigenvalue weighted by atomic mass is 9.87. The highest BCUT2D eigenvalue weighted by Gasteiger charge is 2.15. The summed E-state index contributed by atoms with van der Waals surface area (Å²) in [6.45, 7) is 11.2. The molecule has 0 aliphatic heterocycles. The van der Waals surface area contributed by atoms with E-state index in [0.717, 1.165) is 11.8 Å². The quantitative estimate of drug-likeness (QED) is 0.570. The van der Waals surface area contributed by atoms with Crippen molar-refractivity contribution in [3.05, 3.63) is 0 Å². The average Bonchev–Trinajstić information content (AvgIpc) is 1.87. The van der Waals surface area contributed by atoms with Crippen LogP contribution < -0.4 is 0 Å². The van der Waals surface area contributed by atoms with Gasteiger partial charge in [0.2, 0.25) is 0 Å². The first-order valence-corrected chi connectivity index (χ1v) is 5.02. The third kappa shape index (κ3) is 4.68. The van der Waals surface area contributed by atoms with Gasteiger partial charge in [0.15, 0.2) is 0 Å². The fraction of sp³-hybridized carbons (Fsp3) is 1.00. The molecule has 1 heteroatoms. The summed E-state index contributed by atoms with van der Waals surface area (Å²) in [5, 5.41) is 0.316. The summed E-state index contributed by atoms with van der Waals surface area (Å²) in [6.07, 6.45) is 1.25. The Morgan fingerprint density at radius 3 is 1.64 bits per heavy atom. The Morgan fingerprint density at radius 2 is 1.36 bits per heavy atom. The highest BCUT2D eigenvalue weighted by molar-refractivity contribution is 6.20. The van der Waals surface area contributed by atoms with Gasteiger partial charge in [0.25, 0.3) is 0 Å². The van der Waals surface area contributed by atoms with Crippen molar-refractivity contribution in [2.75, 3.05) is 0 Å². The molecule has 0 bridgehead atoms. The van der Waals surface area contributed by atoms with E-state index in [1.54, 1.807) is 0 Å². The Bertz CT molecular complexity index is 85.0. The third-order valence-corrected chi connectivity index (χ3v) is 3.10. The molecule has 0 aromatic heterocycles. The lowest BCUT2D eigenvalue weighted by molar-refractivity contribution is 0.329. The van der Waals surface area contributed by atoms with Gasteiger partial charge in [0, 0.05) is 5.38 Å². The van der Waals surface area contributed by atoms with Crippen molar-refractivity contribution in [1.82, 2.24) is 0 Å². The summed E-state index contributed by atoms with van der Waals surface area (Å²) < 4.78 is 0. The van der Waals surface area contributed by atoms with Crippen LogP contribution in [0.15, 0.2) is 0 Å². The van der Waals surface area contributed by atoms with Crippen LogP contribution in [-0.2, 0) is 0 Å². The van der Waals surface area contributed by atoms with E-state index in [1.165, 1.54) is 6.42 Å². The summed E-state index contributed by atoms with van der Waals surface area (Å²) in [5.41, 5.74) is 0. The fourth-order valence-electron chi connectivity index (χ4n) is 1.05. The van der Waals surface area contributed by atoms with E-state index in [4.69, 9.17) is 11.6 Å². The van der Waals surface area contributed by atoms with Crippen LogP contribution in [-0.4, -0.2) is 5.38 Å². The van der Waals surface area contributed by atoms with Crippen molar-refractivity contribution in [2.24, 2.45) is 17.8 Å². The van der Waals surface area contributed by atoms with Gasteiger partial charge in [-0.05, 0) is 31.1 Å². The highest BCUT2D eigenvalue weighted by Crippen LogP contribution is 2.23. The zero-order valence-electron chi connectivity index (χ0n) is 8.39. The summed E-state index contributed by atoms with van der Waals surface area (Å²) in [5.74, 6) is 2.23. The Kier molecular flexibility index (Phi) is 5.16. The number of rotatable bonds is 4. The molecule has 0 heterocycles.